The highest BCUT2D eigenvalue weighted by Crippen LogP contribution is 2.39. The molecule has 1 fully saturated rings. The van der Waals surface area contributed by atoms with Gasteiger partial charge < -0.3 is 21.1 Å². The van der Waals surface area contributed by atoms with E-state index >= 15 is 0 Å². The van der Waals surface area contributed by atoms with E-state index in [0.29, 0.717) is 45.9 Å². The summed E-state index contributed by atoms with van der Waals surface area (Å²) in [7, 11) is 1.61. The van der Waals surface area contributed by atoms with E-state index in [2.05, 4.69) is 20.9 Å². The van der Waals surface area contributed by atoms with Gasteiger partial charge in [0.05, 0.1) is 29.1 Å². The van der Waals surface area contributed by atoms with Crippen molar-refractivity contribution < 1.29 is 24.3 Å². The van der Waals surface area contributed by atoms with Gasteiger partial charge >= 0.3 is 5.97 Å². The molecule has 2 amide bonds. The average Bonchev–Trinajstić information content (AvgIpc) is 3.30. The molecule has 3 aromatic rings. The van der Waals surface area contributed by atoms with Gasteiger partial charge in [-0.1, -0.05) is 30.3 Å². The van der Waals surface area contributed by atoms with Crippen molar-refractivity contribution in [2.24, 2.45) is 0 Å². The van der Waals surface area contributed by atoms with Crippen LogP contribution in [0.15, 0.2) is 66.7 Å². The lowest BCUT2D eigenvalue weighted by Gasteiger charge is -2.27. The molecular formula is C31H33N5O5. The Morgan fingerprint density at radius 1 is 1.02 bits per heavy atom. The Bertz CT molecular complexity index is 1480. The minimum atomic E-state index is -1.05. The van der Waals surface area contributed by atoms with E-state index in [1.807, 2.05) is 30.3 Å². The highest BCUT2D eigenvalue weighted by molar-refractivity contribution is 6.37. The highest BCUT2D eigenvalue weighted by atomic mass is 16.7. The predicted octanol–water partition coefficient (Wildman–Crippen LogP) is 3.53. The number of amides is 2. The molecule has 2 aliphatic rings. The Kier molecular flexibility index (Phi) is 8.44. The summed E-state index contributed by atoms with van der Waals surface area (Å²) in [6, 6.07) is 19.6. The molecule has 5 rings (SSSR count). The topological polar surface area (TPSA) is 123 Å². The van der Waals surface area contributed by atoms with Crippen molar-refractivity contribution >= 4 is 40.4 Å². The van der Waals surface area contributed by atoms with E-state index in [1.54, 1.807) is 44.3 Å². The first-order valence-electron chi connectivity index (χ1n) is 13.5. The monoisotopic (exact) mass is 555 g/mol. The molecule has 0 aromatic heterocycles. The Morgan fingerprint density at radius 2 is 1.73 bits per heavy atom. The van der Waals surface area contributed by atoms with E-state index < -0.39 is 5.97 Å². The summed E-state index contributed by atoms with van der Waals surface area (Å²) in [5.41, 5.74) is 4.66. The van der Waals surface area contributed by atoms with Crippen LogP contribution in [0.25, 0.3) is 11.3 Å². The Hall–Kier alpha value is -4.51. The fourth-order valence-corrected chi connectivity index (χ4v) is 5.01. The zero-order valence-corrected chi connectivity index (χ0v) is 23.1. The second-order valence-electron chi connectivity index (χ2n) is 10.0. The van der Waals surface area contributed by atoms with Crippen LogP contribution in [-0.4, -0.2) is 79.2 Å². The van der Waals surface area contributed by atoms with Gasteiger partial charge in [0.15, 0.2) is 0 Å². The molecular weight excluding hydrogens is 522 g/mol. The average molecular weight is 556 g/mol. The number of nitrogens with zero attached hydrogens (tertiary/aromatic N) is 2. The van der Waals surface area contributed by atoms with Crippen molar-refractivity contribution in [2.45, 2.75) is 6.92 Å². The summed E-state index contributed by atoms with van der Waals surface area (Å²) in [4.78, 5) is 45.8. The molecule has 0 saturated carbocycles. The second kappa shape index (κ2) is 12.3. The number of hydrogen-bond donors (Lipinski definition) is 4. The van der Waals surface area contributed by atoms with Crippen LogP contribution in [0.4, 0.5) is 11.4 Å². The normalized spacial score (nSPS) is 16.1. The van der Waals surface area contributed by atoms with E-state index in [0.717, 1.165) is 38.3 Å². The van der Waals surface area contributed by atoms with Crippen LogP contribution in [0.5, 0.6) is 0 Å². The van der Waals surface area contributed by atoms with E-state index in [1.165, 1.54) is 11.1 Å². The summed E-state index contributed by atoms with van der Waals surface area (Å²) in [5.74, 6) is -1.64. The van der Waals surface area contributed by atoms with Gasteiger partial charge in [0.25, 0.3) is 11.8 Å². The third-order valence-corrected chi connectivity index (χ3v) is 7.24. The summed E-state index contributed by atoms with van der Waals surface area (Å²) in [6.07, 6.45) is 0. The second-order valence-corrected chi connectivity index (χ2v) is 10.0. The fraction of sp³-hybridized carbons (Fsp3) is 0.258. The molecule has 0 unspecified atom stereocenters. The Balaban J connectivity index is 1.36. The van der Waals surface area contributed by atoms with Gasteiger partial charge in [-0.25, -0.2) is 9.86 Å². The van der Waals surface area contributed by atoms with Crippen LogP contribution < -0.4 is 16.0 Å². The van der Waals surface area contributed by atoms with E-state index in [9.17, 15) is 19.5 Å². The van der Waals surface area contributed by atoms with Gasteiger partial charge in [0, 0.05) is 56.6 Å². The molecule has 0 spiro atoms. The number of aromatic carboxylic acids is 1. The maximum atomic E-state index is 13.2. The summed E-state index contributed by atoms with van der Waals surface area (Å²) in [6.45, 7) is 6.74. The van der Waals surface area contributed by atoms with Gasteiger partial charge in [0.1, 0.15) is 0 Å². The third kappa shape index (κ3) is 6.30. The fourth-order valence-electron chi connectivity index (χ4n) is 5.01. The number of fused-ring (bicyclic) bond motifs is 1. The predicted molar refractivity (Wildman–Crippen MR) is 157 cm³/mol. The first-order valence-corrected chi connectivity index (χ1v) is 13.5. The van der Waals surface area contributed by atoms with Gasteiger partial charge in [-0.05, 0) is 54.4 Å². The van der Waals surface area contributed by atoms with Crippen molar-refractivity contribution in [3.05, 3.63) is 94.5 Å². The molecule has 10 heteroatoms. The van der Waals surface area contributed by atoms with Crippen molar-refractivity contribution in [1.82, 2.24) is 15.3 Å². The molecule has 41 heavy (non-hydrogen) atoms. The van der Waals surface area contributed by atoms with Gasteiger partial charge in [-0.3, -0.25) is 19.3 Å². The van der Waals surface area contributed by atoms with Crippen molar-refractivity contribution in [3.63, 3.8) is 0 Å². The van der Waals surface area contributed by atoms with Gasteiger partial charge in [-0.15, -0.1) is 0 Å². The molecule has 0 aliphatic carbocycles. The smallest absolute Gasteiger partial charge is 0.336 e. The third-order valence-electron chi connectivity index (χ3n) is 7.24. The number of carboxylic acid groups (broad SMARTS) is 1. The largest absolute Gasteiger partial charge is 0.478 e. The van der Waals surface area contributed by atoms with Crippen molar-refractivity contribution in [3.8, 4) is 0 Å². The number of carbonyl (C=O) groups excluding carboxylic acids is 2. The number of carboxylic acids is 1. The number of piperazine rings is 1. The number of nitrogens with one attached hydrogen (secondary N) is 3. The van der Waals surface area contributed by atoms with E-state index in [4.69, 9.17) is 4.84 Å². The quantitative estimate of drug-likeness (QED) is 0.234. The Labute approximate surface area is 238 Å². The zero-order valence-electron chi connectivity index (χ0n) is 23.1. The standard InChI is InChI=1S/C31H33N5O5/c1-20-18-25-26(19-24(20)31(39)40)34-29(37)27(25)28(21-6-4-3-5-7-21)33-23-10-8-22(9-11-23)30(38)35(2)41-17-16-36-14-12-32-13-15-36/h3-11,18-19,32-33H,12-17H2,1-2H3,(H,34,37)(H,39,40)/b28-27+. The maximum absolute atomic E-state index is 13.2. The van der Waals surface area contributed by atoms with Gasteiger partial charge in [0.2, 0.25) is 0 Å². The number of carbonyl (C=O) groups is 3. The first-order chi connectivity index (χ1) is 19.8. The van der Waals surface area contributed by atoms with Crippen molar-refractivity contribution in [2.75, 3.05) is 57.0 Å². The molecule has 10 nitrogen and oxygen atoms in total. The Morgan fingerprint density at radius 3 is 2.41 bits per heavy atom. The number of rotatable bonds is 9. The molecule has 2 aliphatic heterocycles. The lowest BCUT2D eigenvalue weighted by molar-refractivity contribution is -0.110. The lowest BCUT2D eigenvalue weighted by Crippen LogP contribution is -2.45. The molecule has 4 N–H and O–H groups in total. The van der Waals surface area contributed by atoms with Gasteiger partial charge in [-0.2, -0.15) is 0 Å². The van der Waals surface area contributed by atoms with Crippen LogP contribution in [0.1, 0.15) is 37.4 Å². The molecule has 0 atom stereocenters. The van der Waals surface area contributed by atoms with Crippen LogP contribution in [0.3, 0.4) is 0 Å². The maximum Gasteiger partial charge on any atom is 0.336 e. The molecule has 3 aromatic carbocycles. The SMILES string of the molecule is Cc1cc2c(cc1C(=O)O)NC(=O)/C2=C(/Nc1ccc(C(=O)N(C)OCCN2CCNCC2)cc1)c1ccccc1. The lowest BCUT2D eigenvalue weighted by atomic mass is 9.96. The molecule has 212 valence electrons. The number of aryl methyl sites for hydroxylation is 1. The summed E-state index contributed by atoms with van der Waals surface area (Å²) in [5, 5.41) is 20.3. The van der Waals surface area contributed by atoms with Crippen LogP contribution in [-0.2, 0) is 9.63 Å². The number of hydrogen-bond acceptors (Lipinski definition) is 7. The first kappa shape index (κ1) is 28.0. The molecule has 2 heterocycles. The van der Waals surface area contributed by atoms with Crippen molar-refractivity contribution in [1.29, 1.82) is 0 Å². The zero-order chi connectivity index (χ0) is 28.9. The highest BCUT2D eigenvalue weighted by Gasteiger charge is 2.30. The molecule has 0 bridgehead atoms. The number of hydroxylamine groups is 2. The van der Waals surface area contributed by atoms with E-state index in [-0.39, 0.29) is 17.4 Å². The minimum absolute atomic E-state index is 0.137. The minimum Gasteiger partial charge on any atom is -0.478 e. The van der Waals surface area contributed by atoms with Crippen LogP contribution in [0.2, 0.25) is 0 Å². The van der Waals surface area contributed by atoms with Crippen LogP contribution in [0, 0.1) is 6.92 Å². The summed E-state index contributed by atoms with van der Waals surface area (Å²) < 4.78 is 0. The molecule has 1 saturated heterocycles. The van der Waals surface area contributed by atoms with Crippen LogP contribution >= 0.6 is 0 Å². The molecule has 0 radical (unpaired) electrons. The number of anilines is 2. The summed E-state index contributed by atoms with van der Waals surface area (Å²) >= 11 is 0. The number of benzene rings is 3.